The molecule has 2 aliphatic rings. The highest BCUT2D eigenvalue weighted by atomic mass is 32.2. The molecule has 0 aliphatic heterocycles. The predicted molar refractivity (Wildman–Crippen MR) is 107 cm³/mol. The first-order valence-corrected chi connectivity index (χ1v) is 11.5. The largest absolute Gasteiger partial charge is 0.481 e. The van der Waals surface area contributed by atoms with E-state index in [0.29, 0.717) is 0 Å². The molecule has 0 spiro atoms. The minimum atomic E-state index is -4.10. The second kappa shape index (κ2) is 7.16. The number of sulfone groups is 1. The minimum absolute atomic E-state index is 0.000946. The van der Waals surface area contributed by atoms with E-state index in [9.17, 15) is 33.0 Å². The molecule has 2 saturated carbocycles. The van der Waals surface area contributed by atoms with E-state index < -0.39 is 67.9 Å². The molecule has 1 aromatic rings. The zero-order valence-electron chi connectivity index (χ0n) is 17.2. The van der Waals surface area contributed by atoms with Crippen molar-refractivity contribution >= 4 is 27.6 Å². The van der Waals surface area contributed by atoms with Gasteiger partial charge in [-0.3, -0.25) is 14.4 Å². The van der Waals surface area contributed by atoms with Crippen molar-refractivity contribution in [1.29, 1.82) is 0 Å². The van der Waals surface area contributed by atoms with Crippen LogP contribution >= 0.6 is 0 Å². The second-order valence-corrected chi connectivity index (χ2v) is 10.4. The van der Waals surface area contributed by atoms with Crippen LogP contribution in [0, 0.1) is 35.5 Å². The molecular formula is C21H27NO7S. The lowest BCUT2D eigenvalue weighted by Crippen LogP contribution is -2.55. The summed E-state index contributed by atoms with van der Waals surface area (Å²) in [6.07, 6.45) is 0.154. The van der Waals surface area contributed by atoms with Crippen LogP contribution in [0.5, 0.6) is 0 Å². The number of Topliss-reactive ketones (excluding diaryl/α,β-unsaturated/α-hetero) is 1. The number of rotatable bonds is 8. The molecular weight excluding hydrogens is 410 g/mol. The number of nitrogens with two attached hydrogens (primary N) is 1. The summed E-state index contributed by atoms with van der Waals surface area (Å²) in [5.41, 5.74) is 2.80. The Kier molecular flexibility index (Phi) is 5.35. The summed E-state index contributed by atoms with van der Waals surface area (Å²) < 4.78 is 27.3. The third kappa shape index (κ3) is 2.48. The van der Waals surface area contributed by atoms with E-state index in [2.05, 4.69) is 0 Å². The van der Waals surface area contributed by atoms with Gasteiger partial charge in [0, 0.05) is 5.41 Å². The number of aliphatic carboxylic acids is 2. The van der Waals surface area contributed by atoms with Crippen LogP contribution in [0.3, 0.4) is 0 Å². The third-order valence-corrected chi connectivity index (χ3v) is 9.67. The van der Waals surface area contributed by atoms with Gasteiger partial charge in [-0.15, -0.1) is 0 Å². The van der Waals surface area contributed by atoms with Gasteiger partial charge in [-0.1, -0.05) is 38.0 Å². The van der Waals surface area contributed by atoms with E-state index in [1.165, 1.54) is 12.1 Å². The van der Waals surface area contributed by atoms with Crippen LogP contribution in [0.1, 0.15) is 32.3 Å². The van der Waals surface area contributed by atoms with Crippen LogP contribution in [0.4, 0.5) is 0 Å². The fourth-order valence-corrected chi connectivity index (χ4v) is 8.79. The van der Waals surface area contributed by atoms with Crippen molar-refractivity contribution in [2.75, 3.05) is 6.54 Å². The first kappa shape index (κ1) is 22.4. The van der Waals surface area contributed by atoms with Crippen molar-refractivity contribution in [1.82, 2.24) is 0 Å². The number of benzene rings is 1. The fourth-order valence-electron chi connectivity index (χ4n) is 6.35. The van der Waals surface area contributed by atoms with Gasteiger partial charge in [0.15, 0.2) is 15.6 Å². The summed E-state index contributed by atoms with van der Waals surface area (Å²) in [6, 6.07) is 6.14. The Bertz CT molecular complexity index is 1000. The van der Waals surface area contributed by atoms with E-state index in [-0.39, 0.29) is 17.7 Å². The van der Waals surface area contributed by atoms with Crippen LogP contribution in [0.2, 0.25) is 0 Å². The van der Waals surface area contributed by atoms with Gasteiger partial charge in [-0.25, -0.2) is 8.42 Å². The van der Waals surface area contributed by atoms with Crippen LogP contribution in [0.15, 0.2) is 29.2 Å². The van der Waals surface area contributed by atoms with Gasteiger partial charge < -0.3 is 15.9 Å². The molecule has 0 heterocycles. The van der Waals surface area contributed by atoms with Gasteiger partial charge in [0.2, 0.25) is 0 Å². The zero-order valence-corrected chi connectivity index (χ0v) is 18.0. The van der Waals surface area contributed by atoms with Crippen molar-refractivity contribution in [3.8, 4) is 0 Å². The molecule has 0 bridgehead atoms. The van der Waals surface area contributed by atoms with Crippen LogP contribution in [0.25, 0.3) is 0 Å². The number of carboxylic acids is 2. The number of hydrogen-bond acceptors (Lipinski definition) is 6. The normalized spacial score (nSPS) is 34.9. The third-order valence-electron chi connectivity index (χ3n) is 7.40. The molecule has 0 aromatic heterocycles. The molecule has 0 amide bonds. The van der Waals surface area contributed by atoms with Gasteiger partial charge in [0.25, 0.3) is 0 Å². The van der Waals surface area contributed by atoms with Gasteiger partial charge in [-0.2, -0.15) is 0 Å². The van der Waals surface area contributed by atoms with Gasteiger partial charge in [-0.05, 0) is 37.3 Å². The molecule has 6 unspecified atom stereocenters. The number of carbonyl (C=O) groups is 3. The van der Waals surface area contributed by atoms with Gasteiger partial charge in [0.05, 0.1) is 22.6 Å². The topological polar surface area (TPSA) is 152 Å². The van der Waals surface area contributed by atoms with Crippen molar-refractivity contribution in [3.05, 3.63) is 29.8 Å². The SMILES string of the molecule is CCC1C(S(=O)(=O)c2ccc(C)cc2)C2C(C(=O)O)C2(CC)C1(C(=O)O)C(=O)CN. The molecule has 2 fully saturated rings. The molecule has 30 heavy (non-hydrogen) atoms. The molecule has 164 valence electrons. The number of carboxylic acid groups (broad SMARTS) is 2. The Morgan fingerprint density at radius 1 is 1.10 bits per heavy atom. The smallest absolute Gasteiger partial charge is 0.318 e. The lowest BCUT2D eigenvalue weighted by atomic mass is 9.61. The molecule has 0 saturated heterocycles. The molecule has 6 atom stereocenters. The second-order valence-electron chi connectivity index (χ2n) is 8.31. The summed E-state index contributed by atoms with van der Waals surface area (Å²) in [5.74, 6) is -6.85. The Hall–Kier alpha value is -2.26. The van der Waals surface area contributed by atoms with E-state index in [0.717, 1.165) is 5.56 Å². The Morgan fingerprint density at radius 3 is 2.07 bits per heavy atom. The molecule has 2 aliphatic carbocycles. The fraction of sp³-hybridized carbons (Fsp3) is 0.571. The lowest BCUT2D eigenvalue weighted by molar-refractivity contribution is -0.165. The summed E-state index contributed by atoms with van der Waals surface area (Å²) in [7, 11) is -4.10. The standard InChI is InChI=1S/C21H27NO7S/c1-4-13-17(30(28,29)12-8-6-11(3)7-9-12)15-16(18(24)25)20(15,5-2)21(13,19(26)27)14(23)10-22/h6-9,13,15-17H,4-5,10,22H2,1-3H3,(H,24,25)(H,26,27). The first-order chi connectivity index (χ1) is 14.0. The highest BCUT2D eigenvalue weighted by Gasteiger charge is 2.90. The Labute approximate surface area is 175 Å². The maximum Gasteiger partial charge on any atom is 0.318 e. The minimum Gasteiger partial charge on any atom is -0.481 e. The molecule has 1 aromatic carbocycles. The average molecular weight is 438 g/mol. The van der Waals surface area contributed by atoms with Crippen LogP contribution in [-0.4, -0.2) is 48.1 Å². The van der Waals surface area contributed by atoms with E-state index in [1.54, 1.807) is 32.9 Å². The summed E-state index contributed by atoms with van der Waals surface area (Å²) in [4.78, 5) is 37.8. The van der Waals surface area contributed by atoms with E-state index in [1.807, 2.05) is 0 Å². The highest BCUT2D eigenvalue weighted by molar-refractivity contribution is 7.92. The van der Waals surface area contributed by atoms with Gasteiger partial charge >= 0.3 is 11.9 Å². The Morgan fingerprint density at radius 2 is 1.67 bits per heavy atom. The van der Waals surface area contributed by atoms with Crippen molar-refractivity contribution < 1.29 is 33.0 Å². The monoisotopic (exact) mass is 437 g/mol. The molecule has 4 N–H and O–H groups in total. The summed E-state index contributed by atoms with van der Waals surface area (Å²) in [5, 5.41) is 18.8. The Balaban J connectivity index is 2.32. The number of aryl methyl sites for hydroxylation is 1. The van der Waals surface area contributed by atoms with Crippen molar-refractivity contribution in [3.63, 3.8) is 0 Å². The molecule has 3 rings (SSSR count). The maximum absolute atomic E-state index is 13.7. The quantitative estimate of drug-likeness (QED) is 0.518. The van der Waals surface area contributed by atoms with Crippen molar-refractivity contribution in [2.24, 2.45) is 34.3 Å². The highest BCUT2D eigenvalue weighted by Crippen LogP contribution is 2.81. The predicted octanol–water partition coefficient (Wildman–Crippen LogP) is 1.50. The maximum atomic E-state index is 13.7. The van der Waals surface area contributed by atoms with E-state index >= 15 is 0 Å². The molecule has 9 heteroatoms. The number of hydrogen-bond donors (Lipinski definition) is 3. The average Bonchev–Trinajstić information content (AvgIpc) is 3.28. The molecule has 0 radical (unpaired) electrons. The lowest BCUT2D eigenvalue weighted by Gasteiger charge is -2.40. The first-order valence-electron chi connectivity index (χ1n) is 10.00. The summed E-state index contributed by atoms with van der Waals surface area (Å²) in [6.45, 7) is 4.46. The van der Waals surface area contributed by atoms with Gasteiger partial charge in [0.1, 0.15) is 5.41 Å². The van der Waals surface area contributed by atoms with E-state index in [4.69, 9.17) is 5.73 Å². The number of carbonyl (C=O) groups excluding carboxylic acids is 1. The number of fused-ring (bicyclic) bond motifs is 1. The van der Waals surface area contributed by atoms with Crippen LogP contribution < -0.4 is 5.73 Å². The zero-order chi connectivity index (χ0) is 22.6. The van der Waals surface area contributed by atoms with Crippen LogP contribution in [-0.2, 0) is 24.2 Å². The number of ketones is 1. The molecule has 8 nitrogen and oxygen atoms in total. The van der Waals surface area contributed by atoms with Crippen molar-refractivity contribution in [2.45, 2.75) is 43.8 Å². The summed E-state index contributed by atoms with van der Waals surface area (Å²) >= 11 is 0.